The lowest BCUT2D eigenvalue weighted by Crippen LogP contribution is -2.34. The first-order chi connectivity index (χ1) is 6.58. The highest BCUT2D eigenvalue weighted by atomic mass is 16.5. The first-order valence-corrected chi connectivity index (χ1v) is 4.29. The number of nitrogens with one attached hydrogen (secondary N) is 2. The number of aromatic nitrogens is 1. The van der Waals surface area contributed by atoms with Gasteiger partial charge in [-0.15, -0.1) is 0 Å². The van der Waals surface area contributed by atoms with E-state index in [1.807, 2.05) is 0 Å². The van der Waals surface area contributed by atoms with Gasteiger partial charge in [0.2, 0.25) is 5.88 Å². The van der Waals surface area contributed by atoms with E-state index in [1.54, 1.807) is 13.0 Å². The molecule has 0 spiro atoms. The number of anilines is 1. The molecule has 1 amide bonds. The van der Waals surface area contributed by atoms with Crippen LogP contribution < -0.4 is 10.1 Å². The van der Waals surface area contributed by atoms with E-state index in [0.717, 1.165) is 0 Å². The van der Waals surface area contributed by atoms with Gasteiger partial charge in [-0.3, -0.25) is 9.59 Å². The van der Waals surface area contributed by atoms with Crippen LogP contribution in [-0.2, 0) is 4.79 Å². The van der Waals surface area contributed by atoms with Gasteiger partial charge in [-0.25, -0.2) is 0 Å². The molecule has 0 saturated heterocycles. The minimum Gasteiger partial charge on any atom is -0.464 e. The van der Waals surface area contributed by atoms with Crippen molar-refractivity contribution >= 4 is 17.4 Å². The molecule has 1 aliphatic heterocycles. The fourth-order valence-corrected chi connectivity index (χ4v) is 1.28. The van der Waals surface area contributed by atoms with E-state index in [9.17, 15) is 9.59 Å². The molecular formula is C9H10N2O3. The SMILES string of the molecule is CC(=O)c1cc2c([nH]1)OC(C)C(=O)N2. The summed E-state index contributed by atoms with van der Waals surface area (Å²) in [4.78, 5) is 25.0. The zero-order valence-corrected chi connectivity index (χ0v) is 7.88. The second kappa shape index (κ2) is 2.87. The van der Waals surface area contributed by atoms with Crippen LogP contribution in [0.5, 0.6) is 5.88 Å². The number of hydrogen-bond donors (Lipinski definition) is 2. The summed E-state index contributed by atoms with van der Waals surface area (Å²) in [6, 6.07) is 1.57. The molecule has 1 unspecified atom stereocenters. The Morgan fingerprint density at radius 3 is 2.93 bits per heavy atom. The van der Waals surface area contributed by atoms with E-state index in [2.05, 4.69) is 10.3 Å². The maximum Gasteiger partial charge on any atom is 0.265 e. The number of Topliss-reactive ketones (excluding diaryl/α,β-unsaturated/α-hetero) is 1. The number of ether oxygens (including phenoxy) is 1. The zero-order chi connectivity index (χ0) is 10.3. The number of aromatic amines is 1. The van der Waals surface area contributed by atoms with Crippen LogP contribution in [0.3, 0.4) is 0 Å². The van der Waals surface area contributed by atoms with Crippen molar-refractivity contribution in [2.24, 2.45) is 0 Å². The van der Waals surface area contributed by atoms with Gasteiger partial charge in [-0.2, -0.15) is 0 Å². The molecule has 14 heavy (non-hydrogen) atoms. The third kappa shape index (κ3) is 1.26. The van der Waals surface area contributed by atoms with Crippen LogP contribution in [-0.4, -0.2) is 22.8 Å². The molecule has 0 aliphatic carbocycles. The summed E-state index contributed by atoms with van der Waals surface area (Å²) in [6.07, 6.45) is -0.527. The van der Waals surface area contributed by atoms with Crippen molar-refractivity contribution in [3.8, 4) is 5.88 Å². The van der Waals surface area contributed by atoms with Gasteiger partial charge in [0.1, 0.15) is 5.69 Å². The van der Waals surface area contributed by atoms with Crippen LogP contribution in [0.4, 0.5) is 5.69 Å². The van der Waals surface area contributed by atoms with Gasteiger partial charge in [-0.1, -0.05) is 0 Å². The molecule has 74 valence electrons. The molecule has 2 rings (SSSR count). The molecule has 0 bridgehead atoms. The Morgan fingerprint density at radius 2 is 2.29 bits per heavy atom. The number of amides is 1. The van der Waals surface area contributed by atoms with Crippen LogP contribution in [0.1, 0.15) is 24.3 Å². The summed E-state index contributed by atoms with van der Waals surface area (Å²) in [6.45, 7) is 3.09. The number of hydrogen-bond acceptors (Lipinski definition) is 3. The van der Waals surface area contributed by atoms with Crippen LogP contribution in [0.25, 0.3) is 0 Å². The van der Waals surface area contributed by atoms with Crippen LogP contribution >= 0.6 is 0 Å². The number of rotatable bonds is 1. The summed E-state index contributed by atoms with van der Waals surface area (Å²) < 4.78 is 5.26. The Kier molecular flexibility index (Phi) is 1.80. The average molecular weight is 194 g/mol. The molecular weight excluding hydrogens is 184 g/mol. The van der Waals surface area contributed by atoms with Crippen molar-refractivity contribution in [1.82, 2.24) is 4.98 Å². The summed E-state index contributed by atoms with van der Waals surface area (Å²) >= 11 is 0. The van der Waals surface area contributed by atoms with Crippen LogP contribution in [0.15, 0.2) is 6.07 Å². The number of carbonyl (C=O) groups is 2. The van der Waals surface area contributed by atoms with E-state index >= 15 is 0 Å². The second-order valence-electron chi connectivity index (χ2n) is 3.23. The van der Waals surface area contributed by atoms with Crippen LogP contribution in [0, 0.1) is 0 Å². The maximum atomic E-state index is 11.2. The van der Waals surface area contributed by atoms with E-state index < -0.39 is 6.10 Å². The lowest BCUT2D eigenvalue weighted by atomic mass is 10.3. The Bertz CT molecular complexity index is 408. The smallest absolute Gasteiger partial charge is 0.265 e. The first-order valence-electron chi connectivity index (χ1n) is 4.29. The minimum atomic E-state index is -0.527. The standard InChI is InChI=1S/C9H10N2O3/c1-4(12)6-3-7-9(11-6)14-5(2)8(13)10-7/h3,5,11H,1-2H3,(H,10,13). The molecule has 0 fully saturated rings. The number of carbonyl (C=O) groups excluding carboxylic acids is 2. The average Bonchev–Trinajstić information content (AvgIpc) is 2.48. The zero-order valence-electron chi connectivity index (χ0n) is 7.88. The molecule has 2 N–H and O–H groups in total. The van der Waals surface area contributed by atoms with Gasteiger partial charge in [0.05, 0.1) is 5.69 Å². The molecule has 0 radical (unpaired) electrons. The van der Waals surface area contributed by atoms with Gasteiger partial charge < -0.3 is 15.0 Å². The van der Waals surface area contributed by atoms with E-state index in [0.29, 0.717) is 17.3 Å². The molecule has 1 aliphatic rings. The van der Waals surface area contributed by atoms with Crippen molar-refractivity contribution < 1.29 is 14.3 Å². The van der Waals surface area contributed by atoms with Gasteiger partial charge in [0, 0.05) is 6.92 Å². The fourth-order valence-electron chi connectivity index (χ4n) is 1.28. The molecule has 0 saturated carbocycles. The second-order valence-corrected chi connectivity index (χ2v) is 3.23. The highest BCUT2D eigenvalue weighted by Crippen LogP contribution is 2.29. The maximum absolute atomic E-state index is 11.2. The lowest BCUT2D eigenvalue weighted by Gasteiger charge is -2.19. The van der Waals surface area contributed by atoms with Crippen molar-refractivity contribution in [2.75, 3.05) is 5.32 Å². The predicted molar refractivity (Wildman–Crippen MR) is 49.5 cm³/mol. The Hall–Kier alpha value is -1.78. The summed E-state index contributed by atoms with van der Waals surface area (Å²) in [5.74, 6) is 0.152. The summed E-state index contributed by atoms with van der Waals surface area (Å²) in [5, 5.41) is 2.64. The lowest BCUT2D eigenvalue weighted by molar-refractivity contribution is -0.122. The van der Waals surface area contributed by atoms with Crippen molar-refractivity contribution in [3.05, 3.63) is 11.8 Å². The molecule has 1 aromatic rings. The fraction of sp³-hybridized carbons (Fsp3) is 0.333. The monoisotopic (exact) mass is 194 g/mol. The van der Waals surface area contributed by atoms with Gasteiger partial charge in [0.15, 0.2) is 11.9 Å². The largest absolute Gasteiger partial charge is 0.464 e. The topological polar surface area (TPSA) is 71.2 Å². The molecule has 5 heteroatoms. The van der Waals surface area contributed by atoms with Gasteiger partial charge in [0.25, 0.3) is 5.91 Å². The normalized spacial score (nSPS) is 19.6. The summed E-state index contributed by atoms with van der Waals surface area (Å²) in [7, 11) is 0. The minimum absolute atomic E-state index is 0.0927. The Balaban J connectivity index is 2.38. The molecule has 1 aromatic heterocycles. The Labute approximate surface area is 80.4 Å². The third-order valence-corrected chi connectivity index (χ3v) is 2.08. The number of fused-ring (bicyclic) bond motifs is 1. The number of ketones is 1. The van der Waals surface area contributed by atoms with Crippen molar-refractivity contribution in [2.45, 2.75) is 20.0 Å². The highest BCUT2D eigenvalue weighted by Gasteiger charge is 2.25. The van der Waals surface area contributed by atoms with Crippen molar-refractivity contribution in [1.29, 1.82) is 0 Å². The number of H-pyrrole nitrogens is 1. The Morgan fingerprint density at radius 1 is 1.57 bits per heavy atom. The van der Waals surface area contributed by atoms with Gasteiger partial charge in [-0.05, 0) is 13.0 Å². The third-order valence-electron chi connectivity index (χ3n) is 2.08. The predicted octanol–water partition coefficient (Wildman–Crippen LogP) is 0.937. The van der Waals surface area contributed by atoms with Crippen molar-refractivity contribution in [3.63, 3.8) is 0 Å². The highest BCUT2D eigenvalue weighted by molar-refractivity contribution is 6.00. The quantitative estimate of drug-likeness (QED) is 0.653. The van der Waals surface area contributed by atoms with Crippen LogP contribution in [0.2, 0.25) is 0 Å². The van der Waals surface area contributed by atoms with E-state index in [1.165, 1.54) is 6.92 Å². The van der Waals surface area contributed by atoms with E-state index in [-0.39, 0.29) is 11.7 Å². The van der Waals surface area contributed by atoms with Gasteiger partial charge >= 0.3 is 0 Å². The molecule has 2 heterocycles. The summed E-state index contributed by atoms with van der Waals surface area (Å²) in [5.41, 5.74) is 0.961. The molecule has 5 nitrogen and oxygen atoms in total. The first kappa shape index (κ1) is 8.80. The molecule has 0 aromatic carbocycles. The molecule has 1 atom stereocenters. The van der Waals surface area contributed by atoms with E-state index in [4.69, 9.17) is 4.74 Å².